The number of ether oxygens (including phenoxy) is 2. The maximum absolute atomic E-state index is 13.2. The van der Waals surface area contributed by atoms with Gasteiger partial charge >= 0.3 is 0 Å². The number of hydrogen-bond acceptors (Lipinski definition) is 3. The molecule has 0 amide bonds. The molecule has 2 N–H and O–H groups in total. The number of halogens is 1. The Morgan fingerprint density at radius 1 is 1.38 bits per heavy atom. The van der Waals surface area contributed by atoms with Crippen LogP contribution in [-0.2, 0) is 4.74 Å². The first-order valence-corrected chi connectivity index (χ1v) is 5.47. The summed E-state index contributed by atoms with van der Waals surface area (Å²) in [6.45, 7) is 3.13. The number of rotatable bonds is 2. The normalized spacial score (nSPS) is 17.4. The molecular weight excluding hydrogens is 209 g/mol. The van der Waals surface area contributed by atoms with Crippen LogP contribution in [0.1, 0.15) is 18.4 Å². The molecule has 1 saturated heterocycles. The van der Waals surface area contributed by atoms with Crippen LogP contribution in [-0.4, -0.2) is 19.3 Å². The molecule has 0 atom stereocenters. The zero-order valence-electron chi connectivity index (χ0n) is 9.33. The predicted octanol–water partition coefficient (Wildman–Crippen LogP) is 2.27. The Labute approximate surface area is 94.3 Å². The molecule has 0 aromatic heterocycles. The minimum atomic E-state index is -0.295. The van der Waals surface area contributed by atoms with Gasteiger partial charge in [-0.25, -0.2) is 4.39 Å². The van der Waals surface area contributed by atoms with E-state index in [1.54, 1.807) is 13.0 Å². The Kier molecular flexibility index (Phi) is 3.29. The number of nitrogens with two attached hydrogens (primary N) is 1. The lowest BCUT2D eigenvalue weighted by Gasteiger charge is -2.24. The second kappa shape index (κ2) is 4.70. The fourth-order valence-corrected chi connectivity index (χ4v) is 1.75. The fraction of sp³-hybridized carbons (Fsp3) is 0.500. The smallest absolute Gasteiger partial charge is 0.143 e. The van der Waals surface area contributed by atoms with Gasteiger partial charge in [0.2, 0.25) is 0 Å². The SMILES string of the molecule is Cc1cc(OC2CCOCC2)c(N)cc1F. The number of aryl methyl sites for hydroxylation is 1. The molecule has 2 rings (SSSR count). The topological polar surface area (TPSA) is 44.5 Å². The molecule has 3 nitrogen and oxygen atoms in total. The van der Waals surface area contributed by atoms with E-state index in [9.17, 15) is 4.39 Å². The summed E-state index contributed by atoms with van der Waals surface area (Å²) in [5, 5.41) is 0. The lowest BCUT2D eigenvalue weighted by atomic mass is 10.1. The van der Waals surface area contributed by atoms with Crippen LogP contribution >= 0.6 is 0 Å². The van der Waals surface area contributed by atoms with Crippen molar-refractivity contribution in [2.75, 3.05) is 18.9 Å². The van der Waals surface area contributed by atoms with E-state index in [0.717, 1.165) is 12.8 Å². The van der Waals surface area contributed by atoms with Gasteiger partial charge in [-0.15, -0.1) is 0 Å². The van der Waals surface area contributed by atoms with Crippen molar-refractivity contribution in [2.45, 2.75) is 25.9 Å². The highest BCUT2D eigenvalue weighted by Gasteiger charge is 2.17. The highest BCUT2D eigenvalue weighted by molar-refractivity contribution is 5.54. The molecule has 0 bridgehead atoms. The number of anilines is 1. The molecule has 16 heavy (non-hydrogen) atoms. The highest BCUT2D eigenvalue weighted by atomic mass is 19.1. The Morgan fingerprint density at radius 3 is 2.75 bits per heavy atom. The summed E-state index contributed by atoms with van der Waals surface area (Å²) in [6, 6.07) is 2.96. The highest BCUT2D eigenvalue weighted by Crippen LogP contribution is 2.27. The Bertz CT molecular complexity index is 376. The second-order valence-corrected chi connectivity index (χ2v) is 4.07. The van der Waals surface area contributed by atoms with Crippen LogP contribution in [0.2, 0.25) is 0 Å². The van der Waals surface area contributed by atoms with Gasteiger partial charge in [0.05, 0.1) is 18.9 Å². The predicted molar refractivity (Wildman–Crippen MR) is 60.0 cm³/mol. The first-order valence-electron chi connectivity index (χ1n) is 5.47. The lowest BCUT2D eigenvalue weighted by molar-refractivity contribution is 0.0258. The molecule has 1 heterocycles. The third-order valence-corrected chi connectivity index (χ3v) is 2.75. The van der Waals surface area contributed by atoms with E-state index in [1.165, 1.54) is 6.07 Å². The zero-order valence-corrected chi connectivity index (χ0v) is 9.33. The minimum Gasteiger partial charge on any atom is -0.488 e. The maximum Gasteiger partial charge on any atom is 0.143 e. The number of nitrogen functional groups attached to an aromatic ring is 1. The molecule has 0 spiro atoms. The standard InChI is InChI=1S/C12H16FNO2/c1-8-6-12(11(14)7-10(8)13)16-9-2-4-15-5-3-9/h6-7,9H,2-5,14H2,1H3. The Morgan fingerprint density at radius 2 is 2.06 bits per heavy atom. The molecule has 0 unspecified atom stereocenters. The average Bonchev–Trinajstić information content (AvgIpc) is 2.27. The quantitative estimate of drug-likeness (QED) is 0.785. The van der Waals surface area contributed by atoms with Gasteiger partial charge in [0.1, 0.15) is 17.7 Å². The lowest BCUT2D eigenvalue weighted by Crippen LogP contribution is -2.26. The number of benzene rings is 1. The van der Waals surface area contributed by atoms with Gasteiger partial charge in [-0.3, -0.25) is 0 Å². The molecule has 4 heteroatoms. The van der Waals surface area contributed by atoms with Gasteiger partial charge < -0.3 is 15.2 Å². The van der Waals surface area contributed by atoms with E-state index in [-0.39, 0.29) is 11.9 Å². The third-order valence-electron chi connectivity index (χ3n) is 2.75. The monoisotopic (exact) mass is 225 g/mol. The van der Waals surface area contributed by atoms with Crippen molar-refractivity contribution >= 4 is 5.69 Å². The van der Waals surface area contributed by atoms with E-state index < -0.39 is 0 Å². The van der Waals surface area contributed by atoms with Gasteiger partial charge in [-0.05, 0) is 18.6 Å². The molecule has 0 radical (unpaired) electrons. The van der Waals surface area contributed by atoms with E-state index >= 15 is 0 Å². The summed E-state index contributed by atoms with van der Waals surface area (Å²) in [7, 11) is 0. The van der Waals surface area contributed by atoms with Crippen LogP contribution < -0.4 is 10.5 Å². The van der Waals surface area contributed by atoms with Gasteiger partial charge in [0.15, 0.2) is 0 Å². The van der Waals surface area contributed by atoms with Gasteiger partial charge in [0.25, 0.3) is 0 Å². The molecule has 1 aromatic carbocycles. The average molecular weight is 225 g/mol. The van der Waals surface area contributed by atoms with Gasteiger partial charge in [-0.2, -0.15) is 0 Å². The molecule has 1 aliphatic rings. The maximum atomic E-state index is 13.2. The largest absolute Gasteiger partial charge is 0.488 e. The minimum absolute atomic E-state index is 0.126. The van der Waals surface area contributed by atoms with E-state index in [4.69, 9.17) is 15.2 Å². The van der Waals surface area contributed by atoms with Crippen molar-refractivity contribution in [3.8, 4) is 5.75 Å². The third kappa shape index (κ3) is 2.44. The summed E-state index contributed by atoms with van der Waals surface area (Å²) in [4.78, 5) is 0. The van der Waals surface area contributed by atoms with Crippen LogP contribution in [0.15, 0.2) is 12.1 Å². The van der Waals surface area contributed by atoms with Crippen LogP contribution in [0.5, 0.6) is 5.75 Å². The fourth-order valence-electron chi connectivity index (χ4n) is 1.75. The Balaban J connectivity index is 2.11. The molecule has 1 fully saturated rings. The van der Waals surface area contributed by atoms with Crippen molar-refractivity contribution in [3.63, 3.8) is 0 Å². The summed E-state index contributed by atoms with van der Waals surface area (Å²) in [5.41, 5.74) is 6.62. The summed E-state index contributed by atoms with van der Waals surface area (Å²) in [6.07, 6.45) is 1.84. The van der Waals surface area contributed by atoms with Crippen molar-refractivity contribution in [1.29, 1.82) is 0 Å². The van der Waals surface area contributed by atoms with Crippen molar-refractivity contribution in [2.24, 2.45) is 0 Å². The molecule has 88 valence electrons. The van der Waals surface area contributed by atoms with Crippen LogP contribution in [0.4, 0.5) is 10.1 Å². The molecular formula is C12H16FNO2. The van der Waals surface area contributed by atoms with E-state index in [2.05, 4.69) is 0 Å². The molecule has 1 aromatic rings. The summed E-state index contributed by atoms with van der Waals surface area (Å²) in [5.74, 6) is 0.280. The molecule has 0 saturated carbocycles. The first-order chi connectivity index (χ1) is 7.66. The zero-order chi connectivity index (χ0) is 11.5. The summed E-state index contributed by atoms with van der Waals surface area (Å²) >= 11 is 0. The molecule has 1 aliphatic heterocycles. The van der Waals surface area contributed by atoms with Crippen molar-refractivity contribution in [3.05, 3.63) is 23.5 Å². The summed E-state index contributed by atoms with van der Waals surface area (Å²) < 4.78 is 24.2. The van der Waals surface area contributed by atoms with Gasteiger partial charge in [-0.1, -0.05) is 0 Å². The van der Waals surface area contributed by atoms with Crippen molar-refractivity contribution in [1.82, 2.24) is 0 Å². The van der Waals surface area contributed by atoms with Crippen molar-refractivity contribution < 1.29 is 13.9 Å². The van der Waals surface area contributed by atoms with E-state index in [0.29, 0.717) is 30.2 Å². The van der Waals surface area contributed by atoms with Crippen LogP contribution in [0.3, 0.4) is 0 Å². The van der Waals surface area contributed by atoms with E-state index in [1.807, 2.05) is 0 Å². The first kappa shape index (κ1) is 11.2. The second-order valence-electron chi connectivity index (χ2n) is 4.07. The van der Waals surface area contributed by atoms with Gasteiger partial charge in [0, 0.05) is 18.9 Å². The number of hydrogen-bond donors (Lipinski definition) is 1. The van der Waals surface area contributed by atoms with Crippen LogP contribution in [0, 0.1) is 12.7 Å². The van der Waals surface area contributed by atoms with Crippen LogP contribution in [0.25, 0.3) is 0 Å². The Hall–Kier alpha value is -1.29. The molecule has 0 aliphatic carbocycles.